The van der Waals surface area contributed by atoms with E-state index in [0.717, 1.165) is 10.4 Å². The molecule has 8 heteroatoms. The molecule has 0 bridgehead atoms. The Kier molecular flexibility index (Phi) is 8.86. The topological polar surface area (TPSA) is 108 Å². The van der Waals surface area contributed by atoms with E-state index < -0.39 is 26.5 Å². The molecule has 2 atom stereocenters. The lowest BCUT2D eigenvalue weighted by atomic mass is 10.1. The van der Waals surface area contributed by atoms with Crippen molar-refractivity contribution in [2.75, 3.05) is 6.61 Å². The van der Waals surface area contributed by atoms with Crippen LogP contribution in [-0.2, 0) is 4.43 Å². The molecule has 2 rings (SSSR count). The lowest BCUT2D eigenvalue weighted by Crippen LogP contribution is -2.67. The van der Waals surface area contributed by atoms with Crippen LogP contribution < -0.4 is 21.0 Å². The number of nitrogens with one attached hydrogen (secondary N) is 2. The van der Waals surface area contributed by atoms with Crippen molar-refractivity contribution in [1.82, 2.24) is 10.6 Å². The van der Waals surface area contributed by atoms with Gasteiger partial charge in [-0.05, 0) is 35.2 Å². The van der Waals surface area contributed by atoms with Crippen LogP contribution in [0.1, 0.15) is 40.5 Å². The van der Waals surface area contributed by atoms with Crippen molar-refractivity contribution < 1.29 is 24.2 Å². The van der Waals surface area contributed by atoms with Crippen LogP contribution in [0.5, 0.6) is 0 Å². The van der Waals surface area contributed by atoms with E-state index in [-0.39, 0.29) is 17.7 Å². The lowest BCUT2D eigenvalue weighted by Gasteiger charge is -2.43. The van der Waals surface area contributed by atoms with Crippen molar-refractivity contribution in [3.63, 3.8) is 0 Å². The average molecular weight is 459 g/mol. The van der Waals surface area contributed by atoms with Crippen LogP contribution in [-0.4, -0.2) is 49.4 Å². The molecule has 7 nitrogen and oxygen atoms in total. The Morgan fingerprint density at radius 1 is 0.875 bits per heavy atom. The quantitative estimate of drug-likeness (QED) is 0.407. The van der Waals surface area contributed by atoms with E-state index in [2.05, 4.69) is 55.7 Å². The van der Waals surface area contributed by atoms with E-state index in [0.29, 0.717) is 12.8 Å². The molecule has 1 unspecified atom stereocenters. The molecule has 2 aromatic carbocycles. The van der Waals surface area contributed by atoms with Gasteiger partial charge in [-0.25, -0.2) is 9.59 Å². The van der Waals surface area contributed by atoms with Crippen LogP contribution in [0.2, 0.25) is 5.04 Å². The Morgan fingerprint density at radius 2 is 1.34 bits per heavy atom. The summed E-state index contributed by atoms with van der Waals surface area (Å²) in [6.07, 6.45) is -1.28. The third-order valence-electron chi connectivity index (χ3n) is 5.56. The molecule has 0 aliphatic rings. The van der Waals surface area contributed by atoms with Crippen molar-refractivity contribution in [3.8, 4) is 0 Å². The molecule has 0 spiro atoms. The van der Waals surface area contributed by atoms with Gasteiger partial charge in [0.05, 0.1) is 12.6 Å². The first-order chi connectivity index (χ1) is 15.1. The van der Waals surface area contributed by atoms with Crippen LogP contribution in [0, 0.1) is 0 Å². The van der Waals surface area contributed by atoms with Crippen LogP contribution in [0.25, 0.3) is 0 Å². The molecule has 2 amide bonds. The normalized spacial score (nSPS) is 13.8. The van der Waals surface area contributed by atoms with Crippen molar-refractivity contribution in [3.05, 3.63) is 60.7 Å². The fourth-order valence-corrected chi connectivity index (χ4v) is 8.70. The maximum absolute atomic E-state index is 11.4. The maximum Gasteiger partial charge on any atom is 0.404 e. The minimum Gasteiger partial charge on any atom is -0.465 e. The van der Waals surface area contributed by atoms with Gasteiger partial charge in [0.15, 0.2) is 0 Å². The Balaban J connectivity index is 2.37. The van der Waals surface area contributed by atoms with Gasteiger partial charge in [-0.1, -0.05) is 81.4 Å². The second-order valence-electron chi connectivity index (χ2n) is 9.05. The van der Waals surface area contributed by atoms with Gasteiger partial charge < -0.3 is 25.3 Å². The molecule has 2 aromatic rings. The highest BCUT2D eigenvalue weighted by molar-refractivity contribution is 6.99. The first-order valence-corrected chi connectivity index (χ1v) is 12.7. The summed E-state index contributed by atoms with van der Waals surface area (Å²) in [5.74, 6) is 0. The van der Waals surface area contributed by atoms with Gasteiger partial charge >= 0.3 is 12.2 Å². The summed E-state index contributed by atoms with van der Waals surface area (Å²) in [6.45, 7) is 8.45. The van der Waals surface area contributed by atoms with Crippen molar-refractivity contribution in [2.24, 2.45) is 0 Å². The predicted octanol–water partition coefficient (Wildman–Crippen LogP) is 3.64. The summed E-state index contributed by atoms with van der Waals surface area (Å²) in [7, 11) is -2.79. The van der Waals surface area contributed by atoms with Gasteiger partial charge in [-0.2, -0.15) is 0 Å². The van der Waals surface area contributed by atoms with Gasteiger partial charge in [-0.15, -0.1) is 0 Å². The lowest BCUT2D eigenvalue weighted by molar-refractivity contribution is 0.174. The molecule has 0 saturated heterocycles. The van der Waals surface area contributed by atoms with Crippen molar-refractivity contribution in [2.45, 2.75) is 57.7 Å². The zero-order chi connectivity index (χ0) is 23.8. The molecule has 174 valence electrons. The Morgan fingerprint density at radius 3 is 1.75 bits per heavy atom. The largest absolute Gasteiger partial charge is 0.465 e. The van der Waals surface area contributed by atoms with Gasteiger partial charge in [0.2, 0.25) is 0 Å². The molecule has 0 heterocycles. The monoisotopic (exact) mass is 458 g/mol. The fourth-order valence-electron chi connectivity index (χ4n) is 4.09. The van der Waals surface area contributed by atoms with E-state index >= 15 is 0 Å². The number of carbonyl (C=O) groups is 2. The first kappa shape index (κ1) is 25.4. The van der Waals surface area contributed by atoms with Gasteiger partial charge in [0.1, 0.15) is 0 Å². The summed E-state index contributed by atoms with van der Waals surface area (Å²) >= 11 is 0. The minimum atomic E-state index is -2.79. The SMILES string of the molecule is CC(CC[C@@H](CO[Si](c1ccccc1)(c1ccccc1)C(C)(C)C)NC(=O)O)NC(=O)O. The zero-order valence-electron chi connectivity index (χ0n) is 19.2. The fraction of sp³-hybridized carbons (Fsp3) is 0.417. The molecule has 0 aromatic heterocycles. The molecule has 0 aliphatic carbocycles. The predicted molar refractivity (Wildman–Crippen MR) is 128 cm³/mol. The molecule has 0 aliphatic heterocycles. The second-order valence-corrected chi connectivity index (χ2v) is 13.4. The zero-order valence-corrected chi connectivity index (χ0v) is 20.2. The van der Waals surface area contributed by atoms with Crippen LogP contribution in [0.15, 0.2) is 60.7 Å². The highest BCUT2D eigenvalue weighted by atomic mass is 28.4. The van der Waals surface area contributed by atoms with E-state index in [1.165, 1.54) is 0 Å². The van der Waals surface area contributed by atoms with E-state index in [4.69, 9.17) is 9.53 Å². The first-order valence-electron chi connectivity index (χ1n) is 10.8. The Labute approximate surface area is 190 Å². The number of rotatable bonds is 10. The molecule has 0 fully saturated rings. The molecule has 4 N–H and O–H groups in total. The molecule has 0 saturated carbocycles. The smallest absolute Gasteiger partial charge is 0.404 e. The highest BCUT2D eigenvalue weighted by Crippen LogP contribution is 2.36. The van der Waals surface area contributed by atoms with Gasteiger partial charge in [0, 0.05) is 6.04 Å². The number of amides is 2. The van der Waals surface area contributed by atoms with E-state index in [9.17, 15) is 14.7 Å². The number of hydrogen-bond acceptors (Lipinski definition) is 3. The third kappa shape index (κ3) is 6.58. The van der Waals surface area contributed by atoms with Crippen LogP contribution in [0.4, 0.5) is 9.59 Å². The summed E-state index contributed by atoms with van der Waals surface area (Å²) in [4.78, 5) is 22.3. The number of carboxylic acid groups (broad SMARTS) is 2. The number of benzene rings is 2. The van der Waals surface area contributed by atoms with E-state index in [1.807, 2.05) is 36.4 Å². The maximum atomic E-state index is 11.4. The van der Waals surface area contributed by atoms with E-state index in [1.54, 1.807) is 6.92 Å². The second kappa shape index (κ2) is 11.1. The average Bonchev–Trinajstić information content (AvgIpc) is 2.72. The third-order valence-corrected chi connectivity index (χ3v) is 10.6. The highest BCUT2D eigenvalue weighted by Gasteiger charge is 2.50. The molecule has 32 heavy (non-hydrogen) atoms. The Hall–Kier alpha value is -2.84. The molecular weight excluding hydrogens is 424 g/mol. The number of hydrogen-bond donors (Lipinski definition) is 4. The summed E-state index contributed by atoms with van der Waals surface area (Å²) in [5.41, 5.74) is 0. The molecular formula is C24H34N2O5Si. The van der Waals surface area contributed by atoms with Crippen molar-refractivity contribution >= 4 is 30.9 Å². The Bertz CT molecular complexity index is 831. The van der Waals surface area contributed by atoms with Gasteiger partial charge in [-0.3, -0.25) is 0 Å². The van der Waals surface area contributed by atoms with Crippen LogP contribution >= 0.6 is 0 Å². The van der Waals surface area contributed by atoms with Crippen molar-refractivity contribution in [1.29, 1.82) is 0 Å². The summed E-state index contributed by atoms with van der Waals surface area (Å²) < 4.78 is 6.82. The standard InChI is InChI=1S/C24H34N2O5Si/c1-18(25-22(27)28)15-16-19(26-23(29)30)17-31-32(24(2,3)4,20-11-7-5-8-12-20)21-13-9-6-10-14-21/h5-14,18-19,25-26H,15-17H2,1-4H3,(H,27,28)(H,29,30)/t18?,19-/m0/s1. The summed E-state index contributed by atoms with van der Waals surface area (Å²) in [5, 5.41) is 25.2. The minimum absolute atomic E-state index is 0.194. The summed E-state index contributed by atoms with van der Waals surface area (Å²) in [6, 6.07) is 19.5. The molecule has 0 radical (unpaired) electrons. The van der Waals surface area contributed by atoms with Gasteiger partial charge in [0.25, 0.3) is 8.32 Å². The van der Waals surface area contributed by atoms with Crippen LogP contribution in [0.3, 0.4) is 0 Å².